The summed E-state index contributed by atoms with van der Waals surface area (Å²) in [4.78, 5) is 1.36. The largest absolute Gasteiger partial charge is 0.312 e. The highest BCUT2D eigenvalue weighted by atomic mass is 32.2. The van der Waals surface area contributed by atoms with Crippen LogP contribution in [0.1, 0.15) is 33.3 Å². The van der Waals surface area contributed by atoms with Gasteiger partial charge in [-0.25, -0.2) is 0 Å². The molecule has 0 radical (unpaired) electrons. The summed E-state index contributed by atoms with van der Waals surface area (Å²) in [5.41, 5.74) is 1.37. The first-order valence-electron chi connectivity index (χ1n) is 6.04. The van der Waals surface area contributed by atoms with Gasteiger partial charge in [0.15, 0.2) is 0 Å². The first-order valence-corrected chi connectivity index (χ1v) is 6.92. The van der Waals surface area contributed by atoms with E-state index in [2.05, 4.69) is 57.3 Å². The van der Waals surface area contributed by atoms with E-state index < -0.39 is 0 Å². The van der Waals surface area contributed by atoms with Gasteiger partial charge in [-0.3, -0.25) is 0 Å². The molecule has 0 amide bonds. The van der Waals surface area contributed by atoms with Gasteiger partial charge >= 0.3 is 0 Å². The zero-order valence-electron chi connectivity index (χ0n) is 10.8. The molecule has 0 aliphatic carbocycles. The lowest BCUT2D eigenvalue weighted by atomic mass is 10.2. The average Bonchev–Trinajstić information content (AvgIpc) is 2.19. The van der Waals surface area contributed by atoms with E-state index in [1.165, 1.54) is 10.5 Å². The van der Waals surface area contributed by atoms with Crippen LogP contribution >= 0.6 is 11.8 Å². The van der Waals surface area contributed by atoms with Crippen molar-refractivity contribution in [2.45, 2.75) is 44.4 Å². The maximum atomic E-state index is 3.45. The Morgan fingerprint density at radius 3 is 2.19 bits per heavy atom. The second-order valence-electron chi connectivity index (χ2n) is 4.84. The van der Waals surface area contributed by atoms with E-state index >= 15 is 0 Å². The molecule has 0 saturated carbocycles. The Bertz CT molecular complexity index is 290. The molecule has 0 aromatic heterocycles. The van der Waals surface area contributed by atoms with Crippen molar-refractivity contribution >= 4 is 11.8 Å². The first-order chi connectivity index (χ1) is 7.58. The lowest BCUT2D eigenvalue weighted by Gasteiger charge is -2.09. The molecule has 0 aliphatic heterocycles. The second kappa shape index (κ2) is 6.97. The molecule has 1 rings (SSSR count). The highest BCUT2D eigenvalue weighted by Crippen LogP contribution is 2.22. The molecule has 2 heteroatoms. The number of hydrogen-bond acceptors (Lipinski definition) is 2. The fourth-order valence-corrected chi connectivity index (χ4v) is 2.30. The molecule has 0 spiro atoms. The molecule has 0 heterocycles. The molecule has 0 atom stereocenters. The number of hydrogen-bond donors (Lipinski definition) is 1. The molecule has 0 saturated heterocycles. The van der Waals surface area contributed by atoms with E-state index in [4.69, 9.17) is 0 Å². The standard InChI is InChI=1S/C14H23NS/c1-11(2)9-15-10-13-5-7-14(8-6-13)16-12(3)4/h5-8,11-12,15H,9-10H2,1-4H3. The quantitative estimate of drug-likeness (QED) is 0.752. The third kappa shape index (κ3) is 5.57. The van der Waals surface area contributed by atoms with Gasteiger partial charge < -0.3 is 5.32 Å². The van der Waals surface area contributed by atoms with Gasteiger partial charge in [-0.15, -0.1) is 11.8 Å². The van der Waals surface area contributed by atoms with Gasteiger partial charge in [0.2, 0.25) is 0 Å². The molecule has 90 valence electrons. The highest BCUT2D eigenvalue weighted by molar-refractivity contribution is 7.99. The summed E-state index contributed by atoms with van der Waals surface area (Å²) in [6.07, 6.45) is 0. The minimum absolute atomic E-state index is 0.657. The molecule has 0 fully saturated rings. The Morgan fingerprint density at radius 2 is 1.69 bits per heavy atom. The van der Waals surface area contributed by atoms with Gasteiger partial charge in [0.1, 0.15) is 0 Å². The van der Waals surface area contributed by atoms with Crippen LogP contribution in [-0.4, -0.2) is 11.8 Å². The van der Waals surface area contributed by atoms with Gasteiger partial charge in [0.25, 0.3) is 0 Å². The van der Waals surface area contributed by atoms with E-state index in [1.807, 2.05) is 11.8 Å². The predicted octanol–water partition coefficient (Wildman–Crippen LogP) is 3.93. The van der Waals surface area contributed by atoms with Crippen LogP contribution < -0.4 is 5.32 Å². The topological polar surface area (TPSA) is 12.0 Å². The van der Waals surface area contributed by atoms with Crippen molar-refractivity contribution in [1.29, 1.82) is 0 Å². The monoisotopic (exact) mass is 237 g/mol. The van der Waals surface area contributed by atoms with E-state index in [-0.39, 0.29) is 0 Å². The van der Waals surface area contributed by atoms with Gasteiger partial charge in [0.05, 0.1) is 0 Å². The maximum absolute atomic E-state index is 3.45. The minimum Gasteiger partial charge on any atom is -0.312 e. The highest BCUT2D eigenvalue weighted by Gasteiger charge is 1.99. The third-order valence-electron chi connectivity index (χ3n) is 2.18. The van der Waals surface area contributed by atoms with Gasteiger partial charge in [0, 0.05) is 16.7 Å². The van der Waals surface area contributed by atoms with Crippen LogP contribution in [0.15, 0.2) is 29.2 Å². The summed E-state index contributed by atoms with van der Waals surface area (Å²) in [5.74, 6) is 0.718. The van der Waals surface area contributed by atoms with Gasteiger partial charge in [-0.2, -0.15) is 0 Å². The summed E-state index contributed by atoms with van der Waals surface area (Å²) >= 11 is 1.92. The Balaban J connectivity index is 2.39. The van der Waals surface area contributed by atoms with E-state index in [1.54, 1.807) is 0 Å². The smallest absolute Gasteiger partial charge is 0.0205 e. The molecule has 0 unspecified atom stereocenters. The van der Waals surface area contributed by atoms with Crippen molar-refractivity contribution in [3.63, 3.8) is 0 Å². The summed E-state index contributed by atoms with van der Waals surface area (Å²) in [5, 5.41) is 4.11. The maximum Gasteiger partial charge on any atom is 0.0205 e. The number of nitrogens with one attached hydrogen (secondary N) is 1. The number of rotatable bonds is 6. The lowest BCUT2D eigenvalue weighted by molar-refractivity contribution is 0.552. The summed E-state index contributed by atoms with van der Waals surface area (Å²) in [6.45, 7) is 11.0. The predicted molar refractivity (Wildman–Crippen MR) is 74.0 cm³/mol. The van der Waals surface area contributed by atoms with Crippen LogP contribution in [0.4, 0.5) is 0 Å². The SMILES string of the molecule is CC(C)CNCc1ccc(SC(C)C)cc1. The molecule has 0 bridgehead atoms. The van der Waals surface area contributed by atoms with Crippen LogP contribution in [0.25, 0.3) is 0 Å². The third-order valence-corrected chi connectivity index (χ3v) is 3.19. The van der Waals surface area contributed by atoms with Crippen molar-refractivity contribution in [2.24, 2.45) is 5.92 Å². The van der Waals surface area contributed by atoms with Crippen LogP contribution in [0.3, 0.4) is 0 Å². The summed E-state index contributed by atoms with van der Waals surface area (Å²) < 4.78 is 0. The lowest BCUT2D eigenvalue weighted by Crippen LogP contribution is -2.18. The molecule has 1 aromatic rings. The van der Waals surface area contributed by atoms with Gasteiger partial charge in [-0.05, 0) is 30.2 Å². The molecule has 0 aliphatic rings. The Labute approximate surface area is 104 Å². The van der Waals surface area contributed by atoms with Crippen molar-refractivity contribution in [1.82, 2.24) is 5.32 Å². The van der Waals surface area contributed by atoms with E-state index in [0.29, 0.717) is 5.25 Å². The fraction of sp³-hybridized carbons (Fsp3) is 0.571. The Kier molecular flexibility index (Phi) is 5.93. The first kappa shape index (κ1) is 13.6. The number of thioether (sulfide) groups is 1. The molecule has 16 heavy (non-hydrogen) atoms. The van der Waals surface area contributed by atoms with Crippen LogP contribution in [-0.2, 0) is 6.54 Å². The van der Waals surface area contributed by atoms with Crippen molar-refractivity contribution in [3.8, 4) is 0 Å². The molecule has 1 N–H and O–H groups in total. The summed E-state index contributed by atoms with van der Waals surface area (Å²) in [7, 11) is 0. The molecular weight excluding hydrogens is 214 g/mol. The van der Waals surface area contributed by atoms with E-state index in [9.17, 15) is 0 Å². The zero-order valence-corrected chi connectivity index (χ0v) is 11.6. The Hall–Kier alpha value is -0.470. The van der Waals surface area contributed by atoms with Crippen LogP contribution in [0.2, 0.25) is 0 Å². The molecule has 1 nitrogen and oxygen atoms in total. The van der Waals surface area contributed by atoms with Gasteiger partial charge in [-0.1, -0.05) is 39.8 Å². The second-order valence-corrected chi connectivity index (χ2v) is 6.49. The van der Waals surface area contributed by atoms with Crippen molar-refractivity contribution < 1.29 is 0 Å². The van der Waals surface area contributed by atoms with E-state index in [0.717, 1.165) is 19.0 Å². The average molecular weight is 237 g/mol. The van der Waals surface area contributed by atoms with Crippen molar-refractivity contribution in [3.05, 3.63) is 29.8 Å². The summed E-state index contributed by atoms with van der Waals surface area (Å²) in [6, 6.07) is 8.88. The minimum atomic E-state index is 0.657. The van der Waals surface area contributed by atoms with Crippen LogP contribution in [0.5, 0.6) is 0 Å². The zero-order chi connectivity index (χ0) is 12.0. The Morgan fingerprint density at radius 1 is 1.06 bits per heavy atom. The fourth-order valence-electron chi connectivity index (χ4n) is 1.46. The van der Waals surface area contributed by atoms with Crippen molar-refractivity contribution in [2.75, 3.05) is 6.54 Å². The normalized spacial score (nSPS) is 11.4. The number of benzene rings is 1. The molecular formula is C14H23NS. The molecule has 1 aromatic carbocycles. The van der Waals surface area contributed by atoms with Crippen LogP contribution in [0, 0.1) is 5.92 Å².